The molecule has 6 heteroatoms. The normalized spacial score (nSPS) is 15.1. The zero-order valence-corrected chi connectivity index (χ0v) is 16.0. The monoisotopic (exact) mass is 387 g/mol. The van der Waals surface area contributed by atoms with Gasteiger partial charge in [-0.2, -0.15) is 0 Å². The summed E-state index contributed by atoms with van der Waals surface area (Å²) in [4.78, 5) is 25.2. The number of nitrogens with two attached hydrogens (primary N) is 1. The lowest BCUT2D eigenvalue weighted by atomic mass is 10.0. The van der Waals surface area contributed by atoms with Gasteiger partial charge in [0.1, 0.15) is 6.04 Å². The number of carbonyl (C=O) groups excluding carboxylic acids is 2. The van der Waals surface area contributed by atoms with Gasteiger partial charge in [-0.15, -0.1) is 12.4 Å². The van der Waals surface area contributed by atoms with Crippen LogP contribution in [0.4, 0.5) is 0 Å². The van der Waals surface area contributed by atoms with Gasteiger partial charge in [-0.1, -0.05) is 48.5 Å². The minimum atomic E-state index is -0.642. The summed E-state index contributed by atoms with van der Waals surface area (Å²) >= 11 is 0. The van der Waals surface area contributed by atoms with E-state index in [0.29, 0.717) is 24.4 Å². The van der Waals surface area contributed by atoms with Gasteiger partial charge in [-0.25, -0.2) is 0 Å². The number of hydrogen-bond donors (Lipinski definition) is 3. The molecule has 0 radical (unpaired) electrons. The number of carbonyl (C=O) groups is 2. The van der Waals surface area contributed by atoms with Crippen LogP contribution in [-0.2, 0) is 11.2 Å². The molecule has 1 aliphatic carbocycles. The van der Waals surface area contributed by atoms with Gasteiger partial charge in [-0.3, -0.25) is 9.59 Å². The molecule has 2 aromatic carbocycles. The second-order valence-corrected chi connectivity index (χ2v) is 6.83. The third-order valence-electron chi connectivity index (χ3n) is 4.68. The first-order chi connectivity index (χ1) is 12.6. The summed E-state index contributed by atoms with van der Waals surface area (Å²) in [6.07, 6.45) is 2.70. The first-order valence-corrected chi connectivity index (χ1v) is 9.06. The van der Waals surface area contributed by atoms with Crippen LogP contribution in [0, 0.1) is 5.92 Å². The number of rotatable bonds is 8. The lowest BCUT2D eigenvalue weighted by molar-refractivity contribution is -0.123. The first kappa shape index (κ1) is 20.9. The zero-order valence-electron chi connectivity index (χ0n) is 15.1. The van der Waals surface area contributed by atoms with Crippen molar-refractivity contribution in [1.82, 2.24) is 10.6 Å². The van der Waals surface area contributed by atoms with Gasteiger partial charge < -0.3 is 16.4 Å². The van der Waals surface area contributed by atoms with Crippen LogP contribution in [0.1, 0.15) is 28.8 Å². The average Bonchev–Trinajstić information content (AvgIpc) is 3.52. The highest BCUT2D eigenvalue weighted by Gasteiger charge is 2.29. The molecule has 5 nitrogen and oxygen atoms in total. The molecule has 0 saturated heterocycles. The fourth-order valence-corrected chi connectivity index (χ4v) is 2.92. The van der Waals surface area contributed by atoms with Crippen molar-refractivity contribution >= 4 is 24.2 Å². The van der Waals surface area contributed by atoms with Crippen molar-refractivity contribution in [2.75, 3.05) is 6.54 Å². The molecule has 1 aliphatic rings. The summed E-state index contributed by atoms with van der Waals surface area (Å²) in [6.45, 7) is 0.440. The molecule has 144 valence electrons. The predicted molar refractivity (Wildman–Crippen MR) is 109 cm³/mol. The van der Waals surface area contributed by atoms with Crippen molar-refractivity contribution in [3.05, 3.63) is 71.8 Å². The highest BCUT2D eigenvalue weighted by Crippen LogP contribution is 2.31. The molecule has 3 rings (SSSR count). The van der Waals surface area contributed by atoms with Crippen LogP contribution >= 0.6 is 12.4 Å². The summed E-state index contributed by atoms with van der Waals surface area (Å²) in [7, 11) is 0. The summed E-state index contributed by atoms with van der Waals surface area (Å²) in [5, 5.41) is 5.76. The highest BCUT2D eigenvalue weighted by atomic mass is 35.5. The number of benzene rings is 2. The Morgan fingerprint density at radius 3 is 2.19 bits per heavy atom. The Bertz CT molecular complexity index is 736. The average molecular weight is 388 g/mol. The Labute approximate surface area is 166 Å². The molecule has 2 amide bonds. The molecule has 2 aromatic rings. The van der Waals surface area contributed by atoms with Crippen LogP contribution < -0.4 is 16.4 Å². The second-order valence-electron chi connectivity index (χ2n) is 6.83. The van der Waals surface area contributed by atoms with Gasteiger partial charge in [0.25, 0.3) is 5.91 Å². The molecule has 27 heavy (non-hydrogen) atoms. The molecule has 1 fully saturated rings. The van der Waals surface area contributed by atoms with Crippen LogP contribution in [-0.4, -0.2) is 30.4 Å². The Morgan fingerprint density at radius 1 is 1.00 bits per heavy atom. The molecular formula is C21H26ClN3O2. The summed E-state index contributed by atoms with van der Waals surface area (Å²) in [6, 6.07) is 17.9. The van der Waals surface area contributed by atoms with Gasteiger partial charge in [0.2, 0.25) is 5.91 Å². The molecule has 0 bridgehead atoms. The van der Waals surface area contributed by atoms with E-state index in [9.17, 15) is 9.59 Å². The van der Waals surface area contributed by atoms with Gasteiger partial charge in [0, 0.05) is 24.6 Å². The Hall–Kier alpha value is -2.37. The fourth-order valence-electron chi connectivity index (χ4n) is 2.92. The van der Waals surface area contributed by atoms with E-state index >= 15 is 0 Å². The predicted octanol–water partition coefficient (Wildman–Crippen LogP) is 2.30. The third-order valence-corrected chi connectivity index (χ3v) is 4.68. The van der Waals surface area contributed by atoms with Crippen molar-refractivity contribution in [2.24, 2.45) is 11.7 Å². The van der Waals surface area contributed by atoms with E-state index < -0.39 is 6.04 Å². The molecule has 0 spiro atoms. The Morgan fingerprint density at radius 2 is 1.59 bits per heavy atom. The highest BCUT2D eigenvalue weighted by molar-refractivity contribution is 5.97. The molecule has 0 heterocycles. The maximum atomic E-state index is 12.7. The molecule has 0 aliphatic heterocycles. The van der Waals surface area contributed by atoms with Crippen LogP contribution in [0.5, 0.6) is 0 Å². The van der Waals surface area contributed by atoms with Gasteiger partial charge in [0.05, 0.1) is 0 Å². The SMILES string of the molecule is Cl.NC(CNC(=O)C(Cc1ccccc1)NC(=O)c1ccccc1)C1CC1. The van der Waals surface area contributed by atoms with Crippen molar-refractivity contribution in [3.8, 4) is 0 Å². The topological polar surface area (TPSA) is 84.2 Å². The summed E-state index contributed by atoms with van der Waals surface area (Å²) in [5.74, 6) is 0.0594. The van der Waals surface area contributed by atoms with E-state index in [1.807, 2.05) is 36.4 Å². The van der Waals surface area contributed by atoms with Gasteiger partial charge in [-0.05, 0) is 36.5 Å². The van der Waals surface area contributed by atoms with Gasteiger partial charge >= 0.3 is 0 Å². The second kappa shape index (κ2) is 10.1. The number of halogens is 1. The van der Waals surface area contributed by atoms with E-state index in [1.54, 1.807) is 24.3 Å². The Kier molecular flexibility index (Phi) is 7.82. The van der Waals surface area contributed by atoms with Crippen LogP contribution in [0.2, 0.25) is 0 Å². The van der Waals surface area contributed by atoms with Crippen molar-refractivity contribution < 1.29 is 9.59 Å². The maximum absolute atomic E-state index is 12.7. The molecule has 2 unspecified atom stereocenters. The van der Waals surface area contributed by atoms with E-state index in [4.69, 9.17) is 5.73 Å². The number of hydrogen-bond acceptors (Lipinski definition) is 3. The summed E-state index contributed by atoms with van der Waals surface area (Å²) < 4.78 is 0. The van der Waals surface area contributed by atoms with Gasteiger partial charge in [0.15, 0.2) is 0 Å². The van der Waals surface area contributed by atoms with E-state index in [0.717, 1.165) is 18.4 Å². The number of amides is 2. The Balaban J connectivity index is 0.00000261. The van der Waals surface area contributed by atoms with Crippen molar-refractivity contribution in [1.29, 1.82) is 0 Å². The van der Waals surface area contributed by atoms with E-state index in [-0.39, 0.29) is 30.3 Å². The zero-order chi connectivity index (χ0) is 18.4. The fraction of sp³-hybridized carbons (Fsp3) is 0.333. The van der Waals surface area contributed by atoms with E-state index in [2.05, 4.69) is 10.6 Å². The van der Waals surface area contributed by atoms with Crippen LogP contribution in [0.15, 0.2) is 60.7 Å². The number of nitrogens with one attached hydrogen (secondary N) is 2. The molecular weight excluding hydrogens is 362 g/mol. The minimum absolute atomic E-state index is 0. The largest absolute Gasteiger partial charge is 0.353 e. The first-order valence-electron chi connectivity index (χ1n) is 9.06. The van der Waals surface area contributed by atoms with E-state index in [1.165, 1.54) is 0 Å². The van der Waals surface area contributed by atoms with Crippen LogP contribution in [0.3, 0.4) is 0 Å². The van der Waals surface area contributed by atoms with Crippen molar-refractivity contribution in [3.63, 3.8) is 0 Å². The lowest BCUT2D eigenvalue weighted by Gasteiger charge is -2.20. The third kappa shape index (κ3) is 6.38. The lowest BCUT2D eigenvalue weighted by Crippen LogP contribution is -2.50. The minimum Gasteiger partial charge on any atom is -0.353 e. The van der Waals surface area contributed by atoms with Crippen LogP contribution in [0.25, 0.3) is 0 Å². The smallest absolute Gasteiger partial charge is 0.251 e. The quantitative estimate of drug-likeness (QED) is 0.649. The maximum Gasteiger partial charge on any atom is 0.251 e. The molecule has 0 aromatic heterocycles. The van der Waals surface area contributed by atoms with Crippen molar-refractivity contribution in [2.45, 2.75) is 31.3 Å². The molecule has 4 N–H and O–H groups in total. The molecule has 2 atom stereocenters. The molecule has 1 saturated carbocycles. The summed E-state index contributed by atoms with van der Waals surface area (Å²) in [5.41, 5.74) is 7.60. The standard InChI is InChI=1S/C21H25N3O2.ClH/c22-18(16-11-12-16)14-23-21(26)19(13-15-7-3-1-4-8-15)24-20(25)17-9-5-2-6-10-17;/h1-10,16,18-19H,11-14,22H2,(H,23,26)(H,24,25);1H.